The fourth-order valence-corrected chi connectivity index (χ4v) is 2.19. The molecule has 122 valence electrons. The van der Waals surface area contributed by atoms with Gasteiger partial charge in [-0.25, -0.2) is 9.48 Å². The van der Waals surface area contributed by atoms with E-state index in [0.717, 1.165) is 11.3 Å². The molecule has 0 saturated carbocycles. The molecule has 0 atom stereocenters. The Morgan fingerprint density at radius 3 is 2.75 bits per heavy atom. The van der Waals surface area contributed by atoms with Gasteiger partial charge in [-0.1, -0.05) is 12.1 Å². The van der Waals surface area contributed by atoms with Crippen molar-refractivity contribution in [1.82, 2.24) is 24.9 Å². The summed E-state index contributed by atoms with van der Waals surface area (Å²) < 4.78 is 3.03. The SMILES string of the molecule is O=C(Cn1cccn1)NCc1cccc(-n2ccc(C(=O)O)n2)c1. The molecule has 3 rings (SSSR count). The first kappa shape index (κ1) is 15.5. The summed E-state index contributed by atoms with van der Waals surface area (Å²) in [7, 11) is 0. The van der Waals surface area contributed by atoms with Gasteiger partial charge in [-0.3, -0.25) is 9.48 Å². The largest absolute Gasteiger partial charge is 0.476 e. The van der Waals surface area contributed by atoms with Crippen molar-refractivity contribution >= 4 is 11.9 Å². The zero-order chi connectivity index (χ0) is 16.9. The molecule has 3 aromatic rings. The maximum atomic E-state index is 11.9. The summed E-state index contributed by atoms with van der Waals surface area (Å²) in [5, 5.41) is 19.7. The second-order valence-electron chi connectivity index (χ2n) is 5.10. The first-order valence-corrected chi connectivity index (χ1v) is 7.24. The van der Waals surface area contributed by atoms with Crippen LogP contribution in [0.15, 0.2) is 55.0 Å². The van der Waals surface area contributed by atoms with Gasteiger partial charge in [0.15, 0.2) is 5.69 Å². The lowest BCUT2D eigenvalue weighted by Crippen LogP contribution is -2.27. The number of carbonyl (C=O) groups is 2. The van der Waals surface area contributed by atoms with E-state index in [0.29, 0.717) is 6.54 Å². The smallest absolute Gasteiger partial charge is 0.356 e. The topological polar surface area (TPSA) is 102 Å². The predicted octanol–water partition coefficient (Wildman–Crippen LogP) is 1.08. The second-order valence-corrected chi connectivity index (χ2v) is 5.10. The van der Waals surface area contributed by atoms with Crippen LogP contribution in [-0.4, -0.2) is 36.5 Å². The van der Waals surface area contributed by atoms with Gasteiger partial charge < -0.3 is 10.4 Å². The highest BCUT2D eigenvalue weighted by Gasteiger charge is 2.08. The fourth-order valence-electron chi connectivity index (χ4n) is 2.19. The number of nitrogens with zero attached hydrogens (tertiary/aromatic N) is 4. The number of rotatable bonds is 6. The standard InChI is InChI=1S/C16H15N5O3/c22-15(11-20-7-2-6-18-20)17-10-12-3-1-4-13(9-12)21-8-5-14(19-21)16(23)24/h1-9H,10-11H2,(H,17,22)(H,23,24). The molecular formula is C16H15N5O3. The average molecular weight is 325 g/mol. The van der Waals surface area contributed by atoms with Crippen LogP contribution < -0.4 is 5.32 Å². The third-order valence-electron chi connectivity index (χ3n) is 3.34. The zero-order valence-electron chi connectivity index (χ0n) is 12.7. The average Bonchev–Trinajstić information content (AvgIpc) is 3.25. The van der Waals surface area contributed by atoms with E-state index in [4.69, 9.17) is 5.11 Å². The lowest BCUT2D eigenvalue weighted by atomic mass is 10.2. The van der Waals surface area contributed by atoms with Crippen LogP contribution >= 0.6 is 0 Å². The van der Waals surface area contributed by atoms with Gasteiger partial charge in [-0.05, 0) is 29.8 Å². The van der Waals surface area contributed by atoms with Crippen LogP contribution in [0.4, 0.5) is 0 Å². The van der Waals surface area contributed by atoms with Gasteiger partial charge in [-0.15, -0.1) is 0 Å². The second kappa shape index (κ2) is 6.78. The molecule has 1 aromatic carbocycles. The molecule has 1 amide bonds. The molecule has 0 radical (unpaired) electrons. The molecule has 0 saturated heterocycles. The van der Waals surface area contributed by atoms with E-state index < -0.39 is 5.97 Å². The Labute approximate surface area is 137 Å². The molecule has 0 aliphatic rings. The number of amides is 1. The Morgan fingerprint density at radius 2 is 2.04 bits per heavy atom. The molecule has 8 heteroatoms. The van der Waals surface area contributed by atoms with Gasteiger partial charge in [0.1, 0.15) is 6.54 Å². The highest BCUT2D eigenvalue weighted by Crippen LogP contribution is 2.11. The summed E-state index contributed by atoms with van der Waals surface area (Å²) in [6, 6.07) is 10.5. The van der Waals surface area contributed by atoms with Crippen molar-refractivity contribution in [3.05, 3.63) is 66.2 Å². The Kier molecular flexibility index (Phi) is 4.37. The van der Waals surface area contributed by atoms with Crippen molar-refractivity contribution in [3.8, 4) is 5.69 Å². The van der Waals surface area contributed by atoms with E-state index >= 15 is 0 Å². The zero-order valence-corrected chi connectivity index (χ0v) is 12.7. The van der Waals surface area contributed by atoms with Crippen molar-refractivity contribution in [2.75, 3.05) is 0 Å². The van der Waals surface area contributed by atoms with Crippen molar-refractivity contribution in [1.29, 1.82) is 0 Å². The van der Waals surface area contributed by atoms with E-state index in [-0.39, 0.29) is 18.1 Å². The number of carboxylic acid groups (broad SMARTS) is 1. The summed E-state index contributed by atoms with van der Waals surface area (Å²) in [4.78, 5) is 22.8. The molecule has 0 bridgehead atoms. The van der Waals surface area contributed by atoms with Crippen LogP contribution in [0.1, 0.15) is 16.1 Å². The Hall–Kier alpha value is -3.42. The van der Waals surface area contributed by atoms with Gasteiger partial charge in [0, 0.05) is 25.1 Å². The number of benzene rings is 1. The molecule has 0 unspecified atom stereocenters. The normalized spacial score (nSPS) is 10.5. The lowest BCUT2D eigenvalue weighted by Gasteiger charge is -2.08. The number of aromatic carboxylic acids is 1. The maximum Gasteiger partial charge on any atom is 0.356 e. The van der Waals surface area contributed by atoms with Crippen LogP contribution in [0, 0.1) is 0 Å². The molecule has 0 aliphatic heterocycles. The van der Waals surface area contributed by atoms with Crippen molar-refractivity contribution in [2.45, 2.75) is 13.1 Å². The quantitative estimate of drug-likeness (QED) is 0.706. The molecule has 2 heterocycles. The minimum Gasteiger partial charge on any atom is -0.476 e. The molecule has 0 aliphatic carbocycles. The maximum absolute atomic E-state index is 11.9. The number of carbonyl (C=O) groups excluding carboxylic acids is 1. The molecular weight excluding hydrogens is 310 g/mol. The van der Waals surface area contributed by atoms with E-state index in [1.165, 1.54) is 10.7 Å². The van der Waals surface area contributed by atoms with Crippen molar-refractivity contribution in [2.24, 2.45) is 0 Å². The van der Waals surface area contributed by atoms with Gasteiger partial charge in [0.25, 0.3) is 0 Å². The number of aromatic nitrogens is 4. The highest BCUT2D eigenvalue weighted by atomic mass is 16.4. The third-order valence-corrected chi connectivity index (χ3v) is 3.34. The highest BCUT2D eigenvalue weighted by molar-refractivity contribution is 5.85. The minimum absolute atomic E-state index is 0.0204. The van der Waals surface area contributed by atoms with Gasteiger partial charge in [-0.2, -0.15) is 10.2 Å². The molecule has 2 aromatic heterocycles. The number of carboxylic acids is 1. The first-order chi connectivity index (χ1) is 11.6. The molecule has 24 heavy (non-hydrogen) atoms. The van der Waals surface area contributed by atoms with Crippen molar-refractivity contribution < 1.29 is 14.7 Å². The third kappa shape index (κ3) is 3.67. The number of hydrogen-bond acceptors (Lipinski definition) is 4. The Bertz CT molecular complexity index is 854. The Morgan fingerprint density at radius 1 is 1.17 bits per heavy atom. The monoisotopic (exact) mass is 325 g/mol. The lowest BCUT2D eigenvalue weighted by molar-refractivity contribution is -0.122. The van der Waals surface area contributed by atoms with Crippen LogP contribution in [0.5, 0.6) is 0 Å². The van der Waals surface area contributed by atoms with Gasteiger partial charge in [0.05, 0.1) is 5.69 Å². The first-order valence-electron chi connectivity index (χ1n) is 7.24. The number of nitrogens with one attached hydrogen (secondary N) is 1. The fraction of sp³-hybridized carbons (Fsp3) is 0.125. The summed E-state index contributed by atoms with van der Waals surface area (Å²) in [6.45, 7) is 0.523. The summed E-state index contributed by atoms with van der Waals surface area (Å²) >= 11 is 0. The summed E-state index contributed by atoms with van der Waals surface area (Å²) in [6.07, 6.45) is 4.92. The van der Waals surface area contributed by atoms with E-state index in [2.05, 4.69) is 15.5 Å². The van der Waals surface area contributed by atoms with Crippen LogP contribution in [-0.2, 0) is 17.9 Å². The van der Waals surface area contributed by atoms with E-state index in [1.54, 1.807) is 29.3 Å². The van der Waals surface area contributed by atoms with Crippen molar-refractivity contribution in [3.63, 3.8) is 0 Å². The van der Waals surface area contributed by atoms with Crippen LogP contribution in [0.3, 0.4) is 0 Å². The number of hydrogen-bond donors (Lipinski definition) is 2. The van der Waals surface area contributed by atoms with E-state index in [1.807, 2.05) is 24.3 Å². The molecule has 0 fully saturated rings. The van der Waals surface area contributed by atoms with Crippen LogP contribution in [0.2, 0.25) is 0 Å². The molecule has 0 spiro atoms. The summed E-state index contributed by atoms with van der Waals surface area (Å²) in [5.74, 6) is -1.22. The summed E-state index contributed by atoms with van der Waals surface area (Å²) in [5.41, 5.74) is 1.59. The van der Waals surface area contributed by atoms with Gasteiger partial charge >= 0.3 is 5.97 Å². The molecule has 8 nitrogen and oxygen atoms in total. The Balaban J connectivity index is 1.64. The minimum atomic E-state index is -1.07. The van der Waals surface area contributed by atoms with E-state index in [9.17, 15) is 9.59 Å². The van der Waals surface area contributed by atoms with Gasteiger partial charge in [0.2, 0.25) is 5.91 Å². The predicted molar refractivity (Wildman–Crippen MR) is 84.6 cm³/mol. The molecule has 2 N–H and O–H groups in total. The van der Waals surface area contributed by atoms with Crippen LogP contribution in [0.25, 0.3) is 5.69 Å².